The van der Waals surface area contributed by atoms with Gasteiger partial charge in [0.05, 0.1) is 0 Å². The van der Waals surface area contributed by atoms with Crippen LogP contribution in [-0.2, 0) is 0 Å². The van der Waals surface area contributed by atoms with Crippen LogP contribution in [0.25, 0.3) is 0 Å². The Bertz CT molecular complexity index is 1040. The van der Waals surface area contributed by atoms with E-state index in [9.17, 15) is 17.6 Å². The average molecular weight is 423 g/mol. The third kappa shape index (κ3) is 3.03. The van der Waals surface area contributed by atoms with E-state index in [4.69, 9.17) is 6.72 Å². The van der Waals surface area contributed by atoms with Crippen LogP contribution in [0.5, 0.6) is 0 Å². The third-order valence-corrected chi connectivity index (χ3v) is 10.2. The Kier molecular flexibility index (Phi) is 4.98. The topological polar surface area (TPSA) is 0 Å². The first-order valence-corrected chi connectivity index (χ1v) is 11.2. The van der Waals surface area contributed by atoms with Crippen molar-refractivity contribution in [2.24, 2.45) is 0 Å². The van der Waals surface area contributed by atoms with Gasteiger partial charge in [0.2, 0.25) is 0 Å². The van der Waals surface area contributed by atoms with Gasteiger partial charge in [-0.25, -0.2) is 0 Å². The van der Waals surface area contributed by atoms with E-state index in [1.807, 2.05) is 0 Å². The van der Waals surface area contributed by atoms with Gasteiger partial charge >= 0.3 is 173 Å². The molecule has 0 spiro atoms. The molecule has 6 heteroatoms. The van der Waals surface area contributed by atoms with Crippen LogP contribution in [0.4, 0.5) is 17.6 Å². The fourth-order valence-corrected chi connectivity index (χ4v) is 8.12. The van der Waals surface area contributed by atoms with Crippen molar-refractivity contribution in [3.8, 4) is 0 Å². The minimum absolute atomic E-state index is 0.447. The molecule has 0 fully saturated rings. The molecular weight excluding hydrogens is 407 g/mol. The van der Waals surface area contributed by atoms with Gasteiger partial charge in [0.1, 0.15) is 0 Å². The van der Waals surface area contributed by atoms with E-state index in [-0.39, 0.29) is 0 Å². The van der Waals surface area contributed by atoms with E-state index >= 15 is 0 Å². The zero-order valence-electron chi connectivity index (χ0n) is 15.7. The second-order valence-corrected chi connectivity index (χ2v) is 11.0. The minimum atomic E-state index is -3.73. The van der Waals surface area contributed by atoms with Crippen molar-refractivity contribution < 1.29 is 17.6 Å². The van der Waals surface area contributed by atoms with Crippen molar-refractivity contribution in [3.05, 3.63) is 120 Å². The molecule has 1 radical (unpaired) electrons. The zero-order chi connectivity index (χ0) is 21.4. The Morgan fingerprint density at radius 3 is 0.700 bits per heavy atom. The van der Waals surface area contributed by atoms with Crippen LogP contribution in [0.15, 0.2) is 117 Å². The van der Waals surface area contributed by atoms with Crippen molar-refractivity contribution in [1.82, 2.24) is 0 Å². The van der Waals surface area contributed by atoms with Crippen LogP contribution in [0.1, 0.15) is 0 Å². The molecule has 4 aromatic carbocycles. The van der Waals surface area contributed by atoms with E-state index < -0.39 is 31.9 Å². The third-order valence-electron chi connectivity index (χ3n) is 5.21. The Morgan fingerprint density at radius 2 is 0.533 bits per heavy atom. The molecule has 0 aromatic heterocycles. The number of halogens is 4. The van der Waals surface area contributed by atoms with Gasteiger partial charge in [0.25, 0.3) is 0 Å². The van der Waals surface area contributed by atoms with Crippen LogP contribution < -0.4 is 0 Å². The van der Waals surface area contributed by atoms with Gasteiger partial charge in [0, 0.05) is 0 Å². The molecule has 0 atom stereocenters. The fourth-order valence-electron chi connectivity index (χ4n) is 3.69. The second-order valence-electron chi connectivity index (χ2n) is 6.90. The Hall–Kier alpha value is -2.99. The quantitative estimate of drug-likeness (QED) is 0.241. The molecule has 4 aromatic rings. The predicted molar refractivity (Wildman–Crippen MR) is 112 cm³/mol. The molecule has 0 heterocycles. The monoisotopic (exact) mass is 423 g/mol. The van der Waals surface area contributed by atoms with Crippen molar-refractivity contribution >= 4 is 15.3 Å². The van der Waals surface area contributed by atoms with Gasteiger partial charge in [-0.15, -0.1) is 0 Å². The predicted octanol–water partition coefficient (Wildman–Crippen LogP) is 7.20. The summed E-state index contributed by atoms with van der Waals surface area (Å²) in [6.45, 7) is 7.43. The molecule has 0 unspecified atom stereocenters. The molecule has 0 aliphatic rings. The Balaban J connectivity index is 2.22. The van der Waals surface area contributed by atoms with Gasteiger partial charge in [-0.1, -0.05) is 0 Å². The number of hydrogen-bond donors (Lipinski definition) is 0. The van der Waals surface area contributed by atoms with Gasteiger partial charge < -0.3 is 0 Å². The number of rotatable bonds is 4. The first-order chi connectivity index (χ1) is 14.3. The summed E-state index contributed by atoms with van der Waals surface area (Å²) in [7, 11) is -3.73. The maximum atomic E-state index is 13.8. The van der Waals surface area contributed by atoms with Crippen LogP contribution in [0.2, 0.25) is 0 Å². The first kappa shape index (κ1) is 20.3. The summed E-state index contributed by atoms with van der Waals surface area (Å²) in [6.07, 6.45) is 0. The standard InChI is InChI=1S/C24H16BF4S/c25-30(21-9-1-17(26)2-10-21,22-11-3-18(27)4-12-22,23-13-5-19(28)6-14-23)24-15-7-20(29)8-16-24/h1-16H. The zero-order valence-corrected chi connectivity index (χ0v) is 16.6. The molecule has 0 aliphatic heterocycles. The maximum absolute atomic E-state index is 13.8. The molecule has 30 heavy (non-hydrogen) atoms. The molecule has 0 saturated carbocycles. The van der Waals surface area contributed by atoms with E-state index in [0.29, 0.717) is 19.6 Å². The number of hydrogen-bond acceptors (Lipinski definition) is 0. The second kappa shape index (κ2) is 7.36. The normalized spacial score (nSPS) is 12.8. The summed E-state index contributed by atoms with van der Waals surface area (Å²) >= 11 is 0. The summed E-state index contributed by atoms with van der Waals surface area (Å²) < 4.78 is 55.2. The van der Waals surface area contributed by atoms with Gasteiger partial charge in [-0.05, 0) is 0 Å². The summed E-state index contributed by atoms with van der Waals surface area (Å²) in [6, 6.07) is 22.8. The van der Waals surface area contributed by atoms with Crippen molar-refractivity contribution in [3.63, 3.8) is 0 Å². The van der Waals surface area contributed by atoms with Gasteiger partial charge in [0.15, 0.2) is 0 Å². The molecule has 0 amide bonds. The summed E-state index contributed by atoms with van der Waals surface area (Å²) in [5.74, 6) is -1.79. The molecule has 0 bridgehead atoms. The van der Waals surface area contributed by atoms with E-state index in [1.165, 1.54) is 48.5 Å². The molecule has 0 nitrogen and oxygen atoms in total. The molecule has 0 aliphatic carbocycles. The number of benzene rings is 4. The van der Waals surface area contributed by atoms with E-state index in [1.54, 1.807) is 48.5 Å². The van der Waals surface area contributed by atoms with Crippen molar-refractivity contribution in [2.75, 3.05) is 0 Å². The summed E-state index contributed by atoms with van der Waals surface area (Å²) in [4.78, 5) is 2.22. The molecule has 0 N–H and O–H groups in total. The molecular formula is C24H16BF4S. The van der Waals surface area contributed by atoms with Crippen LogP contribution in [0.3, 0.4) is 0 Å². The van der Waals surface area contributed by atoms with Crippen molar-refractivity contribution in [2.45, 2.75) is 19.6 Å². The average Bonchev–Trinajstić information content (AvgIpc) is 2.75. The summed E-state index contributed by atoms with van der Waals surface area (Å²) in [5.41, 5.74) is 0. The molecule has 4 rings (SSSR count). The van der Waals surface area contributed by atoms with Gasteiger partial charge in [-0.3, -0.25) is 0 Å². The van der Waals surface area contributed by atoms with Gasteiger partial charge in [-0.2, -0.15) is 0 Å². The fraction of sp³-hybridized carbons (Fsp3) is 0. The Labute approximate surface area is 173 Å². The Morgan fingerprint density at radius 1 is 0.367 bits per heavy atom. The van der Waals surface area contributed by atoms with Crippen molar-refractivity contribution in [1.29, 1.82) is 0 Å². The first-order valence-electron chi connectivity index (χ1n) is 9.09. The van der Waals surface area contributed by atoms with Crippen LogP contribution >= 0.6 is 8.59 Å². The van der Waals surface area contributed by atoms with E-state index in [0.717, 1.165) is 0 Å². The van der Waals surface area contributed by atoms with E-state index in [2.05, 4.69) is 0 Å². The van der Waals surface area contributed by atoms with Crippen LogP contribution in [0, 0.1) is 23.3 Å². The molecule has 149 valence electrons. The van der Waals surface area contributed by atoms with Crippen LogP contribution in [-0.4, -0.2) is 6.72 Å². The SMILES string of the molecule is [B]=S(c1ccc(F)cc1)(c1ccc(F)cc1)(c1ccc(F)cc1)c1ccc(F)cc1. The molecule has 0 saturated heterocycles. The summed E-state index contributed by atoms with van der Waals surface area (Å²) in [5, 5.41) is 0.